The van der Waals surface area contributed by atoms with Gasteiger partial charge in [0.25, 0.3) is 0 Å². The van der Waals surface area contributed by atoms with Gasteiger partial charge in [0.05, 0.1) is 12.2 Å². The predicted octanol–water partition coefficient (Wildman–Crippen LogP) is 1.72. The first kappa shape index (κ1) is 10.3. The molecule has 0 spiro atoms. The van der Waals surface area contributed by atoms with Crippen molar-refractivity contribution in [3.8, 4) is 0 Å². The van der Waals surface area contributed by atoms with E-state index in [0.29, 0.717) is 5.41 Å². The Kier molecular flexibility index (Phi) is 2.72. The van der Waals surface area contributed by atoms with Gasteiger partial charge in [-0.05, 0) is 32.6 Å². The number of ether oxygens (including phenoxy) is 1. The molecule has 0 unspecified atom stereocenters. The fourth-order valence-electron chi connectivity index (χ4n) is 2.19. The molecule has 1 saturated carbocycles. The zero-order chi connectivity index (χ0) is 7.95. The largest absolute Gasteiger partial charge is 0.375 e. The number of hydrogen-bond donors (Lipinski definition) is 1. The van der Waals surface area contributed by atoms with Crippen LogP contribution in [0.25, 0.3) is 0 Å². The lowest BCUT2D eigenvalue weighted by atomic mass is 9.67. The summed E-state index contributed by atoms with van der Waals surface area (Å²) in [4.78, 5) is 0. The van der Waals surface area contributed by atoms with E-state index in [4.69, 9.17) is 10.5 Å². The molecule has 2 heterocycles. The molecule has 2 bridgehead atoms. The standard InChI is InChI=1S/C9H17NO.ClH/c1-8-2-4-9(6-10,5-3-8)7-11-8;/h2-7,10H2,1H3;1H. The monoisotopic (exact) mass is 191 g/mol. The van der Waals surface area contributed by atoms with Crippen LogP contribution in [-0.2, 0) is 4.74 Å². The summed E-state index contributed by atoms with van der Waals surface area (Å²) in [7, 11) is 0. The van der Waals surface area contributed by atoms with Crippen LogP contribution in [0.3, 0.4) is 0 Å². The van der Waals surface area contributed by atoms with Crippen LogP contribution >= 0.6 is 12.4 Å². The summed E-state index contributed by atoms with van der Waals surface area (Å²) < 4.78 is 5.78. The maximum Gasteiger partial charge on any atom is 0.0655 e. The summed E-state index contributed by atoms with van der Waals surface area (Å²) in [5, 5.41) is 0. The molecule has 0 aromatic heterocycles. The molecular formula is C9H18ClNO. The molecule has 72 valence electrons. The third kappa shape index (κ3) is 1.48. The van der Waals surface area contributed by atoms with Crippen LogP contribution < -0.4 is 5.73 Å². The van der Waals surface area contributed by atoms with E-state index in [1.54, 1.807) is 0 Å². The van der Waals surface area contributed by atoms with Crippen LogP contribution in [0.1, 0.15) is 32.6 Å². The molecule has 0 radical (unpaired) electrons. The molecule has 3 heteroatoms. The van der Waals surface area contributed by atoms with Gasteiger partial charge in [-0.2, -0.15) is 0 Å². The van der Waals surface area contributed by atoms with Crippen molar-refractivity contribution in [3.05, 3.63) is 0 Å². The summed E-state index contributed by atoms with van der Waals surface area (Å²) in [6.07, 6.45) is 4.98. The Morgan fingerprint density at radius 2 is 1.83 bits per heavy atom. The van der Waals surface area contributed by atoms with Crippen molar-refractivity contribution in [2.75, 3.05) is 13.2 Å². The van der Waals surface area contributed by atoms with Crippen molar-refractivity contribution in [3.63, 3.8) is 0 Å². The topological polar surface area (TPSA) is 35.2 Å². The normalized spacial score (nSPS) is 45.5. The highest BCUT2D eigenvalue weighted by Gasteiger charge is 2.46. The van der Waals surface area contributed by atoms with Gasteiger partial charge in [0.15, 0.2) is 0 Å². The first-order valence-corrected chi connectivity index (χ1v) is 4.52. The second kappa shape index (κ2) is 3.17. The third-order valence-electron chi connectivity index (χ3n) is 3.53. The Hall–Kier alpha value is 0.210. The number of nitrogens with two attached hydrogens (primary N) is 1. The molecule has 2 aliphatic heterocycles. The Balaban J connectivity index is 0.000000720. The maximum absolute atomic E-state index is 5.78. The smallest absolute Gasteiger partial charge is 0.0655 e. The quantitative estimate of drug-likeness (QED) is 0.685. The van der Waals surface area contributed by atoms with Crippen molar-refractivity contribution < 1.29 is 4.74 Å². The average Bonchev–Trinajstić information content (AvgIpc) is 2.07. The Morgan fingerprint density at radius 3 is 2.17 bits per heavy atom. The molecule has 1 aliphatic carbocycles. The summed E-state index contributed by atoms with van der Waals surface area (Å²) in [5.41, 5.74) is 6.30. The molecule has 2 nitrogen and oxygen atoms in total. The Labute approximate surface area is 80.3 Å². The minimum absolute atomic E-state index is 0. The van der Waals surface area contributed by atoms with Gasteiger partial charge in [0, 0.05) is 12.0 Å². The van der Waals surface area contributed by atoms with E-state index in [1.165, 1.54) is 25.7 Å². The van der Waals surface area contributed by atoms with E-state index in [1.807, 2.05) is 0 Å². The molecule has 3 rings (SSSR count). The van der Waals surface area contributed by atoms with Crippen molar-refractivity contribution >= 4 is 12.4 Å². The molecule has 0 aromatic rings. The third-order valence-corrected chi connectivity index (χ3v) is 3.53. The molecule has 12 heavy (non-hydrogen) atoms. The van der Waals surface area contributed by atoms with E-state index in [-0.39, 0.29) is 18.0 Å². The van der Waals surface area contributed by atoms with Crippen LogP contribution in [0, 0.1) is 5.41 Å². The SMILES string of the molecule is CC12CCC(CN)(CC1)CO2.Cl. The zero-order valence-electron chi connectivity index (χ0n) is 7.64. The summed E-state index contributed by atoms with van der Waals surface area (Å²) in [6, 6.07) is 0. The van der Waals surface area contributed by atoms with Crippen LogP contribution in [0.5, 0.6) is 0 Å². The van der Waals surface area contributed by atoms with Crippen molar-refractivity contribution in [2.24, 2.45) is 11.1 Å². The van der Waals surface area contributed by atoms with Crippen molar-refractivity contribution in [1.29, 1.82) is 0 Å². The highest BCUT2D eigenvalue weighted by molar-refractivity contribution is 5.85. The van der Waals surface area contributed by atoms with Gasteiger partial charge in [0.2, 0.25) is 0 Å². The lowest BCUT2D eigenvalue weighted by molar-refractivity contribution is -0.170. The summed E-state index contributed by atoms with van der Waals surface area (Å²) in [5.74, 6) is 0. The molecule has 2 saturated heterocycles. The van der Waals surface area contributed by atoms with E-state index in [9.17, 15) is 0 Å². The second-order valence-electron chi connectivity index (χ2n) is 4.44. The van der Waals surface area contributed by atoms with E-state index in [0.717, 1.165) is 13.2 Å². The van der Waals surface area contributed by atoms with Crippen LogP contribution in [0.15, 0.2) is 0 Å². The molecule has 2 N–H and O–H groups in total. The van der Waals surface area contributed by atoms with Gasteiger partial charge in [-0.25, -0.2) is 0 Å². The minimum Gasteiger partial charge on any atom is -0.375 e. The highest BCUT2D eigenvalue weighted by Crippen LogP contribution is 2.47. The first-order valence-electron chi connectivity index (χ1n) is 4.52. The second-order valence-corrected chi connectivity index (χ2v) is 4.44. The van der Waals surface area contributed by atoms with Gasteiger partial charge >= 0.3 is 0 Å². The van der Waals surface area contributed by atoms with Crippen LogP contribution in [-0.4, -0.2) is 18.8 Å². The molecule has 0 amide bonds. The molecule has 3 fully saturated rings. The fraction of sp³-hybridized carbons (Fsp3) is 1.00. The van der Waals surface area contributed by atoms with E-state index in [2.05, 4.69) is 6.92 Å². The van der Waals surface area contributed by atoms with Gasteiger partial charge in [-0.3, -0.25) is 0 Å². The molecule has 0 atom stereocenters. The Bertz CT molecular complexity index is 147. The van der Waals surface area contributed by atoms with Crippen molar-refractivity contribution in [2.45, 2.75) is 38.2 Å². The number of rotatable bonds is 1. The van der Waals surface area contributed by atoms with Gasteiger partial charge < -0.3 is 10.5 Å². The molecular weight excluding hydrogens is 174 g/mol. The summed E-state index contributed by atoms with van der Waals surface area (Å²) >= 11 is 0. The average molecular weight is 192 g/mol. The number of fused-ring (bicyclic) bond motifs is 3. The predicted molar refractivity (Wildman–Crippen MR) is 51.6 cm³/mol. The first-order chi connectivity index (χ1) is 5.18. The zero-order valence-corrected chi connectivity index (χ0v) is 8.45. The lowest BCUT2D eigenvalue weighted by Crippen LogP contribution is -2.52. The molecule has 3 aliphatic rings. The van der Waals surface area contributed by atoms with Gasteiger partial charge in [0.1, 0.15) is 0 Å². The maximum atomic E-state index is 5.78. The van der Waals surface area contributed by atoms with E-state index < -0.39 is 0 Å². The number of hydrogen-bond acceptors (Lipinski definition) is 2. The van der Waals surface area contributed by atoms with Gasteiger partial charge in [-0.15, -0.1) is 12.4 Å². The highest BCUT2D eigenvalue weighted by atomic mass is 35.5. The van der Waals surface area contributed by atoms with Crippen molar-refractivity contribution in [1.82, 2.24) is 0 Å². The Morgan fingerprint density at radius 1 is 1.25 bits per heavy atom. The summed E-state index contributed by atoms with van der Waals surface area (Å²) in [6.45, 7) is 3.94. The van der Waals surface area contributed by atoms with E-state index >= 15 is 0 Å². The lowest BCUT2D eigenvalue weighted by Gasteiger charge is -2.51. The number of halogens is 1. The molecule has 0 aromatic carbocycles. The fourth-order valence-corrected chi connectivity index (χ4v) is 2.19. The van der Waals surface area contributed by atoms with Crippen LogP contribution in [0.2, 0.25) is 0 Å². The van der Waals surface area contributed by atoms with Gasteiger partial charge in [-0.1, -0.05) is 0 Å². The minimum atomic E-state index is 0. The van der Waals surface area contributed by atoms with Crippen LogP contribution in [0.4, 0.5) is 0 Å².